The summed E-state index contributed by atoms with van der Waals surface area (Å²) in [5.41, 5.74) is 4.86. The Labute approximate surface area is 194 Å². The molecular formula is C23H24N6O3S. The third-order valence-corrected chi connectivity index (χ3v) is 5.91. The Morgan fingerprint density at radius 2 is 2.03 bits per heavy atom. The number of carbonyl (C=O) groups excluding carboxylic acids is 1. The standard InChI is InChI=1S/C23H24N6O3S/c1-3-28-14-20(22(27-28)15-4-6-17(7-5-15)29(31)32)18-8-9-25-23-19(18)12-16(26-23)13-21(30)24-10-11-33-2/h4-9,12,14H,3,10-11,13H2,1-2H3,(H,24,30)(H,25,26). The molecular weight excluding hydrogens is 440 g/mol. The molecule has 33 heavy (non-hydrogen) atoms. The summed E-state index contributed by atoms with van der Waals surface area (Å²) in [5, 5.41) is 19.5. The highest BCUT2D eigenvalue weighted by molar-refractivity contribution is 7.98. The van der Waals surface area contributed by atoms with E-state index in [0.29, 0.717) is 18.7 Å². The van der Waals surface area contributed by atoms with Crippen molar-refractivity contribution >= 4 is 34.4 Å². The normalized spacial score (nSPS) is 11.1. The highest BCUT2D eigenvalue weighted by Gasteiger charge is 2.18. The van der Waals surface area contributed by atoms with Crippen LogP contribution in [0.4, 0.5) is 5.69 Å². The van der Waals surface area contributed by atoms with Crippen LogP contribution in [-0.2, 0) is 17.8 Å². The van der Waals surface area contributed by atoms with E-state index in [2.05, 4.69) is 15.3 Å². The van der Waals surface area contributed by atoms with E-state index >= 15 is 0 Å². The second kappa shape index (κ2) is 9.86. The second-order valence-corrected chi connectivity index (χ2v) is 8.47. The quantitative estimate of drug-likeness (QED) is 0.219. The molecule has 0 aliphatic heterocycles. The van der Waals surface area contributed by atoms with Crippen molar-refractivity contribution in [2.24, 2.45) is 0 Å². The Balaban J connectivity index is 1.71. The van der Waals surface area contributed by atoms with Gasteiger partial charge in [-0.25, -0.2) is 4.98 Å². The number of H-pyrrole nitrogens is 1. The first-order valence-electron chi connectivity index (χ1n) is 10.5. The molecule has 3 heterocycles. The number of rotatable bonds is 9. The van der Waals surface area contributed by atoms with E-state index in [4.69, 9.17) is 5.10 Å². The molecule has 170 valence electrons. The summed E-state index contributed by atoms with van der Waals surface area (Å²) >= 11 is 1.68. The number of hydrogen-bond donors (Lipinski definition) is 2. The van der Waals surface area contributed by atoms with Gasteiger partial charge in [0.15, 0.2) is 0 Å². The number of non-ortho nitro benzene ring substituents is 1. The molecule has 0 aliphatic carbocycles. The van der Waals surface area contributed by atoms with Crippen LogP contribution in [0.5, 0.6) is 0 Å². The van der Waals surface area contributed by atoms with Crippen LogP contribution in [0, 0.1) is 10.1 Å². The molecule has 0 unspecified atom stereocenters. The molecule has 2 N–H and O–H groups in total. The molecule has 3 aromatic heterocycles. The largest absolute Gasteiger partial charge is 0.355 e. The van der Waals surface area contributed by atoms with Crippen molar-refractivity contribution < 1.29 is 9.72 Å². The Kier molecular flexibility index (Phi) is 6.74. The number of pyridine rings is 1. The highest BCUT2D eigenvalue weighted by Crippen LogP contribution is 2.35. The first kappa shape index (κ1) is 22.5. The lowest BCUT2D eigenvalue weighted by molar-refractivity contribution is -0.384. The second-order valence-electron chi connectivity index (χ2n) is 7.49. The Hall–Kier alpha value is -3.66. The molecule has 9 nitrogen and oxygen atoms in total. The van der Waals surface area contributed by atoms with Gasteiger partial charge in [-0.3, -0.25) is 19.6 Å². The van der Waals surface area contributed by atoms with Crippen LogP contribution in [0.1, 0.15) is 12.6 Å². The number of hydrogen-bond acceptors (Lipinski definition) is 6. The third-order valence-electron chi connectivity index (χ3n) is 5.29. The van der Waals surface area contributed by atoms with E-state index in [1.807, 2.05) is 36.2 Å². The van der Waals surface area contributed by atoms with Crippen molar-refractivity contribution in [1.82, 2.24) is 25.1 Å². The molecule has 4 aromatic rings. The minimum atomic E-state index is -0.416. The number of nitrogens with one attached hydrogen (secondary N) is 2. The molecule has 0 fully saturated rings. The van der Waals surface area contributed by atoms with Crippen molar-refractivity contribution in [3.8, 4) is 22.4 Å². The number of aryl methyl sites for hydroxylation is 1. The van der Waals surface area contributed by atoms with Crippen LogP contribution in [0.25, 0.3) is 33.4 Å². The van der Waals surface area contributed by atoms with Gasteiger partial charge in [0.1, 0.15) is 11.3 Å². The van der Waals surface area contributed by atoms with E-state index in [9.17, 15) is 14.9 Å². The zero-order valence-electron chi connectivity index (χ0n) is 18.4. The molecule has 0 atom stereocenters. The van der Waals surface area contributed by atoms with Gasteiger partial charge in [0.2, 0.25) is 5.91 Å². The summed E-state index contributed by atoms with van der Waals surface area (Å²) in [7, 11) is 0. The van der Waals surface area contributed by atoms with Crippen molar-refractivity contribution in [2.45, 2.75) is 19.9 Å². The van der Waals surface area contributed by atoms with Crippen LogP contribution in [0.15, 0.2) is 48.8 Å². The summed E-state index contributed by atoms with van der Waals surface area (Å²) in [6, 6.07) is 10.3. The summed E-state index contributed by atoms with van der Waals surface area (Å²) < 4.78 is 1.84. The SMILES string of the molecule is CCn1cc(-c2ccnc3[nH]c(CC(=O)NCCSC)cc23)c(-c2ccc([N+](=O)[O-])cc2)n1. The lowest BCUT2D eigenvalue weighted by Gasteiger charge is -2.04. The van der Waals surface area contributed by atoms with Gasteiger partial charge >= 0.3 is 0 Å². The van der Waals surface area contributed by atoms with Gasteiger partial charge < -0.3 is 10.3 Å². The number of thioether (sulfide) groups is 1. The molecule has 0 radical (unpaired) electrons. The first-order valence-corrected chi connectivity index (χ1v) is 11.9. The fraction of sp³-hybridized carbons (Fsp3) is 0.261. The van der Waals surface area contributed by atoms with Gasteiger partial charge in [0.05, 0.1) is 11.3 Å². The molecule has 0 bridgehead atoms. The predicted octanol–water partition coefficient (Wildman–Crippen LogP) is 4.04. The molecule has 0 saturated heterocycles. The smallest absolute Gasteiger partial charge is 0.269 e. The van der Waals surface area contributed by atoms with E-state index in [-0.39, 0.29) is 18.0 Å². The van der Waals surface area contributed by atoms with E-state index < -0.39 is 4.92 Å². The molecule has 4 rings (SSSR count). The molecule has 1 amide bonds. The van der Waals surface area contributed by atoms with Crippen molar-refractivity contribution in [1.29, 1.82) is 0 Å². The summed E-state index contributed by atoms with van der Waals surface area (Å²) in [6.07, 6.45) is 5.93. The maximum Gasteiger partial charge on any atom is 0.269 e. The number of carbonyl (C=O) groups is 1. The van der Waals surface area contributed by atoms with Crippen LogP contribution in [0.3, 0.4) is 0 Å². The van der Waals surface area contributed by atoms with Gasteiger partial charge in [-0.05, 0) is 43.0 Å². The molecule has 10 heteroatoms. The average molecular weight is 465 g/mol. The summed E-state index contributed by atoms with van der Waals surface area (Å²) in [6.45, 7) is 3.32. The van der Waals surface area contributed by atoms with Gasteiger partial charge in [0, 0.05) is 65.6 Å². The predicted molar refractivity (Wildman–Crippen MR) is 130 cm³/mol. The van der Waals surface area contributed by atoms with Crippen LogP contribution in [0.2, 0.25) is 0 Å². The third kappa shape index (κ3) is 4.90. The number of aromatic amines is 1. The maximum absolute atomic E-state index is 12.3. The number of benzene rings is 1. The van der Waals surface area contributed by atoms with Crippen molar-refractivity contribution in [2.75, 3.05) is 18.6 Å². The fourth-order valence-electron chi connectivity index (χ4n) is 3.67. The minimum absolute atomic E-state index is 0.0348. The van der Waals surface area contributed by atoms with Crippen LogP contribution < -0.4 is 5.32 Å². The molecule has 0 aliphatic rings. The highest BCUT2D eigenvalue weighted by atomic mass is 32.2. The Morgan fingerprint density at radius 1 is 1.24 bits per heavy atom. The Morgan fingerprint density at radius 3 is 2.73 bits per heavy atom. The van der Waals surface area contributed by atoms with Crippen molar-refractivity contribution in [3.05, 3.63) is 64.6 Å². The lowest BCUT2D eigenvalue weighted by atomic mass is 10.00. The van der Waals surface area contributed by atoms with Gasteiger partial charge in [0.25, 0.3) is 5.69 Å². The van der Waals surface area contributed by atoms with E-state index in [1.54, 1.807) is 30.1 Å². The number of nitro groups is 1. The fourth-order valence-corrected chi connectivity index (χ4v) is 3.98. The monoisotopic (exact) mass is 464 g/mol. The van der Waals surface area contributed by atoms with Gasteiger partial charge in [-0.2, -0.15) is 16.9 Å². The molecule has 0 saturated carbocycles. The maximum atomic E-state index is 12.3. The van der Waals surface area contributed by atoms with Gasteiger partial charge in [-0.1, -0.05) is 0 Å². The van der Waals surface area contributed by atoms with E-state index in [1.165, 1.54) is 12.1 Å². The molecule has 0 spiro atoms. The molecule has 1 aromatic carbocycles. The average Bonchev–Trinajstić information content (AvgIpc) is 3.43. The number of fused-ring (bicyclic) bond motifs is 1. The lowest BCUT2D eigenvalue weighted by Crippen LogP contribution is -2.27. The number of amides is 1. The zero-order valence-corrected chi connectivity index (χ0v) is 19.2. The van der Waals surface area contributed by atoms with Crippen molar-refractivity contribution in [3.63, 3.8) is 0 Å². The number of aromatic nitrogens is 4. The van der Waals surface area contributed by atoms with Crippen LogP contribution >= 0.6 is 11.8 Å². The van der Waals surface area contributed by atoms with E-state index in [0.717, 1.165) is 39.2 Å². The zero-order chi connectivity index (χ0) is 23.4. The van der Waals surface area contributed by atoms with Crippen LogP contribution in [-0.4, -0.2) is 49.1 Å². The summed E-state index contributed by atoms with van der Waals surface area (Å²) in [4.78, 5) is 30.6. The topological polar surface area (TPSA) is 119 Å². The first-order chi connectivity index (χ1) is 16.0. The number of nitrogens with zero attached hydrogens (tertiary/aromatic N) is 4. The number of nitro benzene ring substituents is 1. The minimum Gasteiger partial charge on any atom is -0.355 e. The summed E-state index contributed by atoms with van der Waals surface area (Å²) in [5.74, 6) is 0.833. The van der Waals surface area contributed by atoms with Gasteiger partial charge in [-0.15, -0.1) is 0 Å². The Bertz CT molecular complexity index is 1300.